The SMILES string of the molecule is CCCn1[nH]c(C(=O)OCC)c(C=C=C2CCCN2C)c1=O. The number of nitrogens with zero attached hydrogens (tertiary/aromatic N) is 2. The van der Waals surface area contributed by atoms with Gasteiger partial charge in [-0.1, -0.05) is 12.7 Å². The molecule has 0 saturated carbocycles. The van der Waals surface area contributed by atoms with Crippen molar-refractivity contribution in [3.63, 3.8) is 0 Å². The van der Waals surface area contributed by atoms with Gasteiger partial charge in [0.15, 0.2) is 5.69 Å². The monoisotopic (exact) mass is 305 g/mol. The maximum Gasteiger partial charge on any atom is 0.357 e. The number of nitrogens with one attached hydrogen (secondary N) is 1. The van der Waals surface area contributed by atoms with Gasteiger partial charge in [-0.05, 0) is 32.3 Å². The minimum absolute atomic E-state index is 0.203. The van der Waals surface area contributed by atoms with Crippen molar-refractivity contribution in [3.05, 3.63) is 33.0 Å². The van der Waals surface area contributed by atoms with E-state index in [-0.39, 0.29) is 17.9 Å². The maximum atomic E-state index is 12.4. The molecular formula is C16H23N3O3. The Kier molecular flexibility index (Phi) is 5.28. The van der Waals surface area contributed by atoms with Crippen LogP contribution in [0.3, 0.4) is 0 Å². The number of esters is 1. The minimum Gasteiger partial charge on any atom is -0.461 e. The first-order valence-electron chi connectivity index (χ1n) is 7.75. The van der Waals surface area contributed by atoms with Crippen LogP contribution in [0.1, 0.15) is 49.2 Å². The Balaban J connectivity index is 2.46. The molecule has 6 nitrogen and oxygen atoms in total. The first-order valence-corrected chi connectivity index (χ1v) is 7.75. The van der Waals surface area contributed by atoms with Crippen molar-refractivity contribution < 1.29 is 9.53 Å². The molecule has 2 heterocycles. The van der Waals surface area contributed by atoms with Crippen LogP contribution in [0, 0.1) is 0 Å². The van der Waals surface area contributed by atoms with Crippen LogP contribution in [-0.4, -0.2) is 40.8 Å². The van der Waals surface area contributed by atoms with E-state index in [0.29, 0.717) is 12.1 Å². The molecule has 6 heteroatoms. The number of likely N-dealkylation sites (tertiary alicyclic amines) is 1. The van der Waals surface area contributed by atoms with Gasteiger partial charge < -0.3 is 9.64 Å². The summed E-state index contributed by atoms with van der Waals surface area (Å²) in [5, 5.41) is 2.86. The molecule has 1 aromatic rings. The number of aromatic amines is 1. The van der Waals surface area contributed by atoms with E-state index in [2.05, 4.69) is 15.7 Å². The second-order valence-electron chi connectivity index (χ2n) is 5.34. The van der Waals surface area contributed by atoms with E-state index in [4.69, 9.17) is 4.74 Å². The number of carbonyl (C=O) groups excluding carboxylic acids is 1. The number of aryl methyl sites for hydroxylation is 1. The van der Waals surface area contributed by atoms with Gasteiger partial charge in [-0.3, -0.25) is 14.6 Å². The zero-order chi connectivity index (χ0) is 16.1. The predicted molar refractivity (Wildman–Crippen MR) is 84.7 cm³/mol. The largest absolute Gasteiger partial charge is 0.461 e. The van der Waals surface area contributed by atoms with Crippen LogP contribution in [0.15, 0.2) is 16.2 Å². The lowest BCUT2D eigenvalue weighted by Gasteiger charge is -2.08. The van der Waals surface area contributed by atoms with Crippen LogP contribution < -0.4 is 5.56 Å². The summed E-state index contributed by atoms with van der Waals surface area (Å²) in [6.45, 7) is 5.52. The van der Waals surface area contributed by atoms with Gasteiger partial charge in [0.05, 0.1) is 17.9 Å². The molecule has 1 N–H and O–H groups in total. The summed E-state index contributed by atoms with van der Waals surface area (Å²) in [6, 6.07) is 0. The highest BCUT2D eigenvalue weighted by atomic mass is 16.5. The van der Waals surface area contributed by atoms with Crippen LogP contribution >= 0.6 is 0 Å². The fraction of sp³-hybridized carbons (Fsp3) is 0.562. The Bertz CT molecular complexity index is 663. The molecule has 1 saturated heterocycles. The van der Waals surface area contributed by atoms with Crippen LogP contribution in [0.4, 0.5) is 0 Å². The van der Waals surface area contributed by atoms with Crippen molar-refractivity contribution in [3.8, 4) is 0 Å². The molecule has 1 aromatic heterocycles. The first kappa shape index (κ1) is 16.2. The second-order valence-corrected chi connectivity index (χ2v) is 5.34. The molecule has 1 aliphatic rings. The van der Waals surface area contributed by atoms with E-state index in [1.807, 2.05) is 14.0 Å². The lowest BCUT2D eigenvalue weighted by Crippen LogP contribution is -2.17. The summed E-state index contributed by atoms with van der Waals surface area (Å²) in [5.74, 6) is -0.507. The Hall–Kier alpha value is -2.20. The van der Waals surface area contributed by atoms with E-state index in [1.54, 1.807) is 13.0 Å². The summed E-state index contributed by atoms with van der Waals surface area (Å²) >= 11 is 0. The van der Waals surface area contributed by atoms with E-state index < -0.39 is 5.97 Å². The Morgan fingerprint density at radius 3 is 2.82 bits per heavy atom. The second kappa shape index (κ2) is 7.18. The maximum absolute atomic E-state index is 12.4. The third kappa shape index (κ3) is 3.34. The van der Waals surface area contributed by atoms with Gasteiger partial charge in [0.25, 0.3) is 5.56 Å². The highest BCUT2D eigenvalue weighted by molar-refractivity contribution is 5.91. The van der Waals surface area contributed by atoms with E-state index in [0.717, 1.165) is 31.5 Å². The van der Waals surface area contributed by atoms with Crippen LogP contribution in [0.25, 0.3) is 6.08 Å². The molecule has 0 bridgehead atoms. The molecule has 0 spiro atoms. The Labute approximate surface area is 130 Å². The summed E-state index contributed by atoms with van der Waals surface area (Å²) in [4.78, 5) is 26.5. The average Bonchev–Trinajstić information content (AvgIpc) is 3.03. The lowest BCUT2D eigenvalue weighted by molar-refractivity contribution is 0.0518. The average molecular weight is 305 g/mol. The normalized spacial score (nSPS) is 14.1. The zero-order valence-electron chi connectivity index (χ0n) is 13.4. The van der Waals surface area contributed by atoms with Crippen molar-refractivity contribution in [1.82, 2.24) is 14.7 Å². The number of hydrogen-bond donors (Lipinski definition) is 1. The van der Waals surface area contributed by atoms with Crippen molar-refractivity contribution >= 4 is 12.0 Å². The molecule has 120 valence electrons. The molecule has 22 heavy (non-hydrogen) atoms. The van der Waals surface area contributed by atoms with Crippen molar-refractivity contribution in [1.29, 1.82) is 0 Å². The van der Waals surface area contributed by atoms with Gasteiger partial charge in [0.1, 0.15) is 0 Å². The Morgan fingerprint density at radius 1 is 1.45 bits per heavy atom. The van der Waals surface area contributed by atoms with E-state index in [1.165, 1.54) is 4.68 Å². The molecule has 0 aliphatic carbocycles. The number of aromatic nitrogens is 2. The van der Waals surface area contributed by atoms with Crippen LogP contribution in [-0.2, 0) is 11.3 Å². The highest BCUT2D eigenvalue weighted by Gasteiger charge is 2.19. The standard InChI is InChI=1S/C16H23N3O3/c1-4-10-19-15(20)13(14(17-19)16(21)22-5-2)9-8-12-7-6-11-18(12)3/h9,17H,4-7,10-11H2,1-3H3. The van der Waals surface area contributed by atoms with Gasteiger partial charge in [-0.2, -0.15) is 0 Å². The van der Waals surface area contributed by atoms with Gasteiger partial charge in [0.2, 0.25) is 0 Å². The smallest absolute Gasteiger partial charge is 0.357 e. The van der Waals surface area contributed by atoms with Gasteiger partial charge in [0, 0.05) is 20.1 Å². The molecule has 0 radical (unpaired) electrons. The number of hydrogen-bond acceptors (Lipinski definition) is 4. The number of ether oxygens (including phenoxy) is 1. The minimum atomic E-state index is -0.507. The van der Waals surface area contributed by atoms with Crippen LogP contribution in [0.2, 0.25) is 0 Å². The van der Waals surface area contributed by atoms with Crippen molar-refractivity contribution in [2.24, 2.45) is 0 Å². The van der Waals surface area contributed by atoms with Crippen molar-refractivity contribution in [2.45, 2.75) is 39.7 Å². The topological polar surface area (TPSA) is 67.3 Å². The molecule has 2 rings (SSSR count). The third-order valence-corrected chi connectivity index (χ3v) is 3.67. The molecule has 0 unspecified atom stereocenters. The van der Waals surface area contributed by atoms with Crippen LogP contribution in [0.5, 0.6) is 0 Å². The molecule has 1 aliphatic heterocycles. The predicted octanol–water partition coefficient (Wildman–Crippen LogP) is 1.98. The summed E-state index contributed by atoms with van der Waals surface area (Å²) in [6.07, 6.45) is 4.43. The fourth-order valence-corrected chi connectivity index (χ4v) is 2.52. The number of rotatable bonds is 5. The molecular weight excluding hydrogens is 282 g/mol. The summed E-state index contributed by atoms with van der Waals surface area (Å²) in [5.41, 5.74) is 4.52. The van der Waals surface area contributed by atoms with Gasteiger partial charge in [-0.15, -0.1) is 0 Å². The first-order chi connectivity index (χ1) is 10.6. The van der Waals surface area contributed by atoms with Crippen molar-refractivity contribution in [2.75, 3.05) is 20.2 Å². The Morgan fingerprint density at radius 2 is 2.23 bits per heavy atom. The lowest BCUT2D eigenvalue weighted by atomic mass is 10.2. The molecule has 0 aromatic carbocycles. The number of carbonyl (C=O) groups is 1. The van der Waals surface area contributed by atoms with Gasteiger partial charge in [-0.25, -0.2) is 4.79 Å². The van der Waals surface area contributed by atoms with Gasteiger partial charge >= 0.3 is 5.97 Å². The van der Waals surface area contributed by atoms with E-state index >= 15 is 0 Å². The third-order valence-electron chi connectivity index (χ3n) is 3.67. The molecule has 0 amide bonds. The van der Waals surface area contributed by atoms with E-state index in [9.17, 15) is 9.59 Å². The molecule has 1 fully saturated rings. The summed E-state index contributed by atoms with van der Waals surface area (Å²) in [7, 11) is 2.00. The fourth-order valence-electron chi connectivity index (χ4n) is 2.52. The zero-order valence-corrected chi connectivity index (χ0v) is 13.4. The molecule has 0 atom stereocenters. The highest BCUT2D eigenvalue weighted by Crippen LogP contribution is 2.17. The number of allylic oxidation sites excluding steroid dienone is 1. The summed E-state index contributed by atoms with van der Waals surface area (Å²) < 4.78 is 6.47. The quantitative estimate of drug-likeness (QED) is 0.667. The number of H-pyrrole nitrogens is 1.